The predicted molar refractivity (Wildman–Crippen MR) is 65.0 cm³/mol. The van der Waals surface area contributed by atoms with Crippen LogP contribution in [0.3, 0.4) is 0 Å². The number of nitrogens with zero attached hydrogens (tertiary/aromatic N) is 1. The topological polar surface area (TPSA) is 32.3 Å². The van der Waals surface area contributed by atoms with Crippen LogP contribution in [0.5, 0.6) is 0 Å². The summed E-state index contributed by atoms with van der Waals surface area (Å²) in [6.07, 6.45) is 0. The second-order valence-electron chi connectivity index (χ2n) is 3.95. The molecule has 1 N–H and O–H groups in total. The molecular formula is C12H15ClN2O. The van der Waals surface area contributed by atoms with Gasteiger partial charge >= 0.3 is 0 Å². The Kier molecular flexibility index (Phi) is 3.46. The summed E-state index contributed by atoms with van der Waals surface area (Å²) < 4.78 is 0. The second kappa shape index (κ2) is 4.85. The molecule has 0 saturated carbocycles. The number of carbonyl (C=O) groups is 1. The maximum Gasteiger partial charge on any atom is 0.254 e. The maximum atomic E-state index is 12.2. The molecule has 1 heterocycles. The summed E-state index contributed by atoms with van der Waals surface area (Å²) in [4.78, 5) is 14.1. The van der Waals surface area contributed by atoms with E-state index in [0.717, 1.165) is 37.3 Å². The van der Waals surface area contributed by atoms with Crippen molar-refractivity contribution in [3.8, 4) is 0 Å². The van der Waals surface area contributed by atoms with Crippen molar-refractivity contribution in [1.29, 1.82) is 0 Å². The van der Waals surface area contributed by atoms with E-state index in [1.807, 2.05) is 30.0 Å². The van der Waals surface area contributed by atoms with E-state index in [4.69, 9.17) is 11.6 Å². The molecule has 0 aromatic heterocycles. The molecule has 3 nitrogen and oxygen atoms in total. The van der Waals surface area contributed by atoms with Gasteiger partial charge in [-0.3, -0.25) is 4.79 Å². The Morgan fingerprint density at radius 3 is 2.75 bits per heavy atom. The van der Waals surface area contributed by atoms with Gasteiger partial charge in [0, 0.05) is 36.8 Å². The number of hydrogen-bond acceptors (Lipinski definition) is 2. The number of piperazine rings is 1. The van der Waals surface area contributed by atoms with Gasteiger partial charge in [-0.25, -0.2) is 0 Å². The minimum atomic E-state index is 0.0847. The molecule has 1 fully saturated rings. The number of carbonyl (C=O) groups excluding carboxylic acids is 1. The van der Waals surface area contributed by atoms with Gasteiger partial charge in [-0.2, -0.15) is 0 Å². The minimum absolute atomic E-state index is 0.0847. The first-order valence-corrected chi connectivity index (χ1v) is 5.83. The summed E-state index contributed by atoms with van der Waals surface area (Å²) in [5.74, 6) is 0.0847. The summed E-state index contributed by atoms with van der Waals surface area (Å²) in [6, 6.07) is 5.47. The Labute approximate surface area is 100 Å². The maximum absolute atomic E-state index is 12.2. The molecule has 1 aliphatic heterocycles. The van der Waals surface area contributed by atoms with Gasteiger partial charge < -0.3 is 10.2 Å². The van der Waals surface area contributed by atoms with E-state index in [1.54, 1.807) is 0 Å². The van der Waals surface area contributed by atoms with Crippen LogP contribution in [0.1, 0.15) is 15.9 Å². The molecule has 1 saturated heterocycles. The highest BCUT2D eigenvalue weighted by Crippen LogP contribution is 2.20. The molecule has 86 valence electrons. The van der Waals surface area contributed by atoms with Crippen LogP contribution in [0.4, 0.5) is 0 Å². The highest BCUT2D eigenvalue weighted by molar-refractivity contribution is 6.31. The first kappa shape index (κ1) is 11.4. The van der Waals surface area contributed by atoms with E-state index < -0.39 is 0 Å². The smallest absolute Gasteiger partial charge is 0.254 e. The van der Waals surface area contributed by atoms with E-state index in [0.29, 0.717) is 5.02 Å². The zero-order valence-electron chi connectivity index (χ0n) is 9.29. The molecule has 16 heavy (non-hydrogen) atoms. The average Bonchev–Trinajstić information content (AvgIpc) is 2.33. The zero-order valence-corrected chi connectivity index (χ0v) is 10.0. The Morgan fingerprint density at radius 2 is 2.06 bits per heavy atom. The molecule has 1 aromatic carbocycles. The largest absolute Gasteiger partial charge is 0.336 e. The lowest BCUT2D eigenvalue weighted by Crippen LogP contribution is -2.46. The summed E-state index contributed by atoms with van der Waals surface area (Å²) in [5.41, 5.74) is 1.59. The average molecular weight is 239 g/mol. The molecular weight excluding hydrogens is 224 g/mol. The fourth-order valence-electron chi connectivity index (χ4n) is 1.88. The first-order valence-electron chi connectivity index (χ1n) is 5.45. The van der Waals surface area contributed by atoms with Gasteiger partial charge in [0.1, 0.15) is 0 Å². The van der Waals surface area contributed by atoms with Crippen molar-refractivity contribution in [1.82, 2.24) is 10.2 Å². The first-order chi connectivity index (χ1) is 7.70. The summed E-state index contributed by atoms with van der Waals surface area (Å²) in [5, 5.41) is 3.88. The van der Waals surface area contributed by atoms with E-state index in [9.17, 15) is 4.79 Å². The molecule has 0 atom stereocenters. The predicted octanol–water partition coefficient (Wildman–Crippen LogP) is 1.69. The number of benzene rings is 1. The monoisotopic (exact) mass is 238 g/mol. The standard InChI is InChI=1S/C12H15ClN2O/c1-9-10(3-2-4-11(9)13)12(16)15-7-5-14-6-8-15/h2-4,14H,5-8H2,1H3. The van der Waals surface area contributed by atoms with E-state index >= 15 is 0 Å². The van der Waals surface area contributed by atoms with Gasteiger partial charge in [-0.05, 0) is 24.6 Å². The molecule has 0 aliphatic carbocycles. The van der Waals surface area contributed by atoms with Gasteiger partial charge in [0.2, 0.25) is 0 Å². The third-order valence-corrected chi connectivity index (χ3v) is 3.31. The molecule has 0 unspecified atom stereocenters. The quantitative estimate of drug-likeness (QED) is 0.808. The minimum Gasteiger partial charge on any atom is -0.336 e. The number of halogens is 1. The van der Waals surface area contributed by atoms with Gasteiger partial charge in [-0.15, -0.1) is 0 Å². The fourth-order valence-corrected chi connectivity index (χ4v) is 2.05. The SMILES string of the molecule is Cc1c(Cl)cccc1C(=O)N1CCNCC1. The zero-order chi connectivity index (χ0) is 11.5. The van der Waals surface area contributed by atoms with Crippen LogP contribution in [-0.4, -0.2) is 37.0 Å². The van der Waals surface area contributed by atoms with Gasteiger partial charge in [-0.1, -0.05) is 17.7 Å². The van der Waals surface area contributed by atoms with Gasteiger partial charge in [0.25, 0.3) is 5.91 Å². The van der Waals surface area contributed by atoms with Crippen molar-refractivity contribution < 1.29 is 4.79 Å². The molecule has 4 heteroatoms. The number of amides is 1. The number of rotatable bonds is 1. The van der Waals surface area contributed by atoms with Crippen molar-refractivity contribution in [3.05, 3.63) is 34.3 Å². The lowest BCUT2D eigenvalue weighted by Gasteiger charge is -2.28. The molecule has 0 spiro atoms. The fraction of sp³-hybridized carbons (Fsp3) is 0.417. The number of nitrogens with one attached hydrogen (secondary N) is 1. The van der Waals surface area contributed by atoms with Crippen LogP contribution >= 0.6 is 11.6 Å². The molecule has 1 aliphatic rings. The van der Waals surface area contributed by atoms with Crippen LogP contribution in [0.2, 0.25) is 5.02 Å². The normalized spacial score (nSPS) is 16.2. The number of hydrogen-bond donors (Lipinski definition) is 1. The Hall–Kier alpha value is -1.06. The Bertz CT molecular complexity index is 400. The molecule has 1 aromatic rings. The van der Waals surface area contributed by atoms with E-state index in [-0.39, 0.29) is 5.91 Å². The summed E-state index contributed by atoms with van der Waals surface area (Å²) in [7, 11) is 0. The molecule has 0 radical (unpaired) electrons. The third-order valence-electron chi connectivity index (χ3n) is 2.90. The van der Waals surface area contributed by atoms with Crippen molar-refractivity contribution in [2.75, 3.05) is 26.2 Å². The van der Waals surface area contributed by atoms with E-state index in [2.05, 4.69) is 5.32 Å². The van der Waals surface area contributed by atoms with Crippen molar-refractivity contribution in [3.63, 3.8) is 0 Å². The van der Waals surface area contributed by atoms with Crippen LogP contribution in [-0.2, 0) is 0 Å². The van der Waals surface area contributed by atoms with Crippen molar-refractivity contribution >= 4 is 17.5 Å². The highest BCUT2D eigenvalue weighted by Gasteiger charge is 2.19. The van der Waals surface area contributed by atoms with Gasteiger partial charge in [0.15, 0.2) is 0 Å². The van der Waals surface area contributed by atoms with Crippen molar-refractivity contribution in [2.24, 2.45) is 0 Å². The van der Waals surface area contributed by atoms with Crippen LogP contribution in [0.15, 0.2) is 18.2 Å². The highest BCUT2D eigenvalue weighted by atomic mass is 35.5. The lowest BCUT2D eigenvalue weighted by atomic mass is 10.1. The van der Waals surface area contributed by atoms with Crippen LogP contribution in [0, 0.1) is 6.92 Å². The molecule has 1 amide bonds. The lowest BCUT2D eigenvalue weighted by molar-refractivity contribution is 0.0735. The summed E-state index contributed by atoms with van der Waals surface area (Å²) >= 11 is 6.01. The van der Waals surface area contributed by atoms with Crippen molar-refractivity contribution in [2.45, 2.75) is 6.92 Å². The van der Waals surface area contributed by atoms with Crippen LogP contribution < -0.4 is 5.32 Å². The Morgan fingerprint density at radius 1 is 1.38 bits per heavy atom. The third kappa shape index (κ3) is 2.20. The molecule has 0 bridgehead atoms. The summed E-state index contributed by atoms with van der Waals surface area (Å²) in [6.45, 7) is 5.16. The Balaban J connectivity index is 2.22. The van der Waals surface area contributed by atoms with E-state index in [1.165, 1.54) is 0 Å². The van der Waals surface area contributed by atoms with Crippen LogP contribution in [0.25, 0.3) is 0 Å². The molecule has 2 rings (SSSR count). The van der Waals surface area contributed by atoms with Gasteiger partial charge in [0.05, 0.1) is 0 Å². The second-order valence-corrected chi connectivity index (χ2v) is 4.36.